The largest absolute Gasteiger partial charge is 0.497 e. The number of nitrogens with zero attached hydrogens (tertiary/aromatic N) is 1. The van der Waals surface area contributed by atoms with E-state index in [0.29, 0.717) is 0 Å². The lowest BCUT2D eigenvalue weighted by atomic mass is 10.2. The van der Waals surface area contributed by atoms with Crippen LogP contribution in [0.1, 0.15) is 5.56 Å². The molecule has 0 atom stereocenters. The Bertz CT molecular complexity index is 744. The zero-order valence-corrected chi connectivity index (χ0v) is 10.9. The Hall–Kier alpha value is -2.36. The van der Waals surface area contributed by atoms with E-state index < -0.39 is 11.6 Å². The highest BCUT2D eigenvalue weighted by molar-refractivity contribution is 5.81. The van der Waals surface area contributed by atoms with E-state index in [4.69, 9.17) is 4.74 Å². The van der Waals surface area contributed by atoms with E-state index in [0.717, 1.165) is 16.7 Å². The van der Waals surface area contributed by atoms with Gasteiger partial charge in [0.1, 0.15) is 17.4 Å². The van der Waals surface area contributed by atoms with E-state index in [1.54, 1.807) is 7.11 Å². The van der Waals surface area contributed by atoms with E-state index in [-0.39, 0.29) is 12.1 Å². The number of aromatic nitrogens is 1. The highest BCUT2D eigenvalue weighted by Crippen LogP contribution is 2.23. The molecule has 0 saturated heterocycles. The number of fused-ring (bicyclic) bond motifs is 1. The number of ether oxygens (including phenoxy) is 1. The monoisotopic (exact) mass is 273 g/mol. The van der Waals surface area contributed by atoms with Crippen molar-refractivity contribution in [3.05, 3.63) is 65.9 Å². The molecule has 3 rings (SSSR count). The van der Waals surface area contributed by atoms with Gasteiger partial charge in [0, 0.05) is 22.7 Å². The minimum absolute atomic E-state index is 0.0702. The third-order valence-electron chi connectivity index (χ3n) is 3.37. The van der Waals surface area contributed by atoms with Crippen LogP contribution in [-0.4, -0.2) is 11.7 Å². The van der Waals surface area contributed by atoms with Gasteiger partial charge in [0.15, 0.2) is 0 Å². The van der Waals surface area contributed by atoms with Crippen molar-refractivity contribution in [3.63, 3.8) is 0 Å². The average molecular weight is 273 g/mol. The van der Waals surface area contributed by atoms with Gasteiger partial charge in [-0.3, -0.25) is 0 Å². The third kappa shape index (κ3) is 2.13. The first-order valence-electron chi connectivity index (χ1n) is 6.25. The maximum atomic E-state index is 13.7. The van der Waals surface area contributed by atoms with Crippen LogP contribution in [0.15, 0.2) is 48.7 Å². The van der Waals surface area contributed by atoms with Crippen molar-refractivity contribution in [2.45, 2.75) is 6.54 Å². The van der Waals surface area contributed by atoms with E-state index in [9.17, 15) is 8.78 Å². The minimum atomic E-state index is -0.527. The molecule has 4 heteroatoms. The number of methoxy groups -OCH3 is 1. The predicted molar refractivity (Wildman–Crippen MR) is 74.0 cm³/mol. The van der Waals surface area contributed by atoms with E-state index in [1.165, 1.54) is 18.2 Å². The van der Waals surface area contributed by atoms with Crippen LogP contribution >= 0.6 is 0 Å². The Morgan fingerprint density at radius 3 is 2.50 bits per heavy atom. The SMILES string of the molecule is COc1ccc2c(ccn2Cc2c(F)cccc2F)c1. The molecule has 0 N–H and O–H groups in total. The van der Waals surface area contributed by atoms with E-state index >= 15 is 0 Å². The van der Waals surface area contributed by atoms with Crippen molar-refractivity contribution < 1.29 is 13.5 Å². The molecule has 0 aliphatic carbocycles. The third-order valence-corrected chi connectivity index (χ3v) is 3.37. The number of benzene rings is 2. The molecular weight excluding hydrogens is 260 g/mol. The molecule has 0 saturated carbocycles. The van der Waals surface area contributed by atoms with Gasteiger partial charge in [0.2, 0.25) is 0 Å². The second kappa shape index (κ2) is 4.96. The summed E-state index contributed by atoms with van der Waals surface area (Å²) in [5.74, 6) is -0.298. The number of hydrogen-bond donors (Lipinski definition) is 0. The lowest BCUT2D eigenvalue weighted by molar-refractivity contribution is 0.415. The maximum absolute atomic E-state index is 13.7. The van der Waals surface area contributed by atoms with Gasteiger partial charge < -0.3 is 9.30 Å². The van der Waals surface area contributed by atoms with Crippen molar-refractivity contribution in [1.82, 2.24) is 4.57 Å². The zero-order chi connectivity index (χ0) is 14.1. The second-order valence-electron chi connectivity index (χ2n) is 4.57. The molecule has 1 heterocycles. The van der Waals surface area contributed by atoms with Crippen LogP contribution in [-0.2, 0) is 6.54 Å². The molecule has 0 aliphatic heterocycles. The molecule has 1 aromatic heterocycles. The first-order valence-corrected chi connectivity index (χ1v) is 6.25. The molecule has 2 aromatic carbocycles. The normalized spacial score (nSPS) is 10.9. The van der Waals surface area contributed by atoms with Crippen molar-refractivity contribution in [1.29, 1.82) is 0 Å². The molecule has 0 spiro atoms. The Morgan fingerprint density at radius 1 is 1.05 bits per heavy atom. The molecule has 3 aromatic rings. The number of hydrogen-bond acceptors (Lipinski definition) is 1. The predicted octanol–water partition coefficient (Wildman–Crippen LogP) is 3.98. The summed E-state index contributed by atoms with van der Waals surface area (Å²) in [4.78, 5) is 0. The van der Waals surface area contributed by atoms with Crippen LogP contribution < -0.4 is 4.74 Å². The maximum Gasteiger partial charge on any atom is 0.131 e. The summed E-state index contributed by atoms with van der Waals surface area (Å²) >= 11 is 0. The van der Waals surface area contributed by atoms with Crippen molar-refractivity contribution in [3.8, 4) is 5.75 Å². The summed E-state index contributed by atoms with van der Waals surface area (Å²) in [6, 6.07) is 11.4. The standard InChI is InChI=1S/C16H13F2NO/c1-20-12-5-6-16-11(9-12)7-8-19(16)10-13-14(17)3-2-4-15(13)18/h2-9H,10H2,1H3. The molecule has 0 aliphatic rings. The molecule has 0 bridgehead atoms. The van der Waals surface area contributed by atoms with Crippen LogP contribution in [0, 0.1) is 11.6 Å². The van der Waals surface area contributed by atoms with Crippen LogP contribution in [0.4, 0.5) is 8.78 Å². The van der Waals surface area contributed by atoms with Gasteiger partial charge in [-0.1, -0.05) is 6.07 Å². The van der Waals surface area contributed by atoms with E-state index in [1.807, 2.05) is 35.0 Å². The van der Waals surface area contributed by atoms with Crippen molar-refractivity contribution >= 4 is 10.9 Å². The Balaban J connectivity index is 2.03. The molecule has 0 fully saturated rings. The fraction of sp³-hybridized carbons (Fsp3) is 0.125. The van der Waals surface area contributed by atoms with E-state index in [2.05, 4.69) is 0 Å². The molecule has 20 heavy (non-hydrogen) atoms. The molecule has 0 radical (unpaired) electrons. The second-order valence-corrected chi connectivity index (χ2v) is 4.57. The smallest absolute Gasteiger partial charge is 0.131 e. The Labute approximate surface area is 115 Å². The fourth-order valence-electron chi connectivity index (χ4n) is 2.30. The van der Waals surface area contributed by atoms with Gasteiger partial charge in [0.25, 0.3) is 0 Å². The molecule has 2 nitrogen and oxygen atoms in total. The van der Waals surface area contributed by atoms with Crippen LogP contribution in [0.3, 0.4) is 0 Å². The summed E-state index contributed by atoms with van der Waals surface area (Å²) in [6.45, 7) is 0.161. The summed E-state index contributed by atoms with van der Waals surface area (Å²) in [7, 11) is 1.60. The summed E-state index contributed by atoms with van der Waals surface area (Å²) in [6.07, 6.45) is 1.82. The van der Waals surface area contributed by atoms with Gasteiger partial charge in [-0.2, -0.15) is 0 Å². The summed E-state index contributed by atoms with van der Waals surface area (Å²) < 4.78 is 34.4. The average Bonchev–Trinajstić information content (AvgIpc) is 2.85. The Kier molecular flexibility index (Phi) is 3.14. The molecule has 102 valence electrons. The first-order chi connectivity index (χ1) is 9.69. The van der Waals surface area contributed by atoms with Gasteiger partial charge in [0.05, 0.1) is 13.7 Å². The first kappa shape index (κ1) is 12.7. The summed E-state index contributed by atoms with van der Waals surface area (Å²) in [5, 5.41) is 0.973. The molecular formula is C16H13F2NO. The van der Waals surface area contributed by atoms with Gasteiger partial charge >= 0.3 is 0 Å². The van der Waals surface area contributed by atoms with Crippen molar-refractivity contribution in [2.24, 2.45) is 0 Å². The molecule has 0 unspecified atom stereocenters. The van der Waals surface area contributed by atoms with Crippen molar-refractivity contribution in [2.75, 3.05) is 7.11 Å². The lowest BCUT2D eigenvalue weighted by Gasteiger charge is -2.08. The number of halogens is 2. The highest BCUT2D eigenvalue weighted by Gasteiger charge is 2.10. The number of rotatable bonds is 3. The van der Waals surface area contributed by atoms with Gasteiger partial charge in [-0.05, 0) is 36.4 Å². The summed E-state index contributed by atoms with van der Waals surface area (Å²) in [5.41, 5.74) is 0.981. The van der Waals surface area contributed by atoms with Crippen LogP contribution in [0.25, 0.3) is 10.9 Å². The zero-order valence-electron chi connectivity index (χ0n) is 10.9. The Morgan fingerprint density at radius 2 is 1.80 bits per heavy atom. The lowest BCUT2D eigenvalue weighted by Crippen LogP contribution is -2.03. The highest BCUT2D eigenvalue weighted by atomic mass is 19.1. The quantitative estimate of drug-likeness (QED) is 0.704. The van der Waals surface area contributed by atoms with Crippen LogP contribution in [0.2, 0.25) is 0 Å². The van der Waals surface area contributed by atoms with Crippen LogP contribution in [0.5, 0.6) is 5.75 Å². The molecule has 0 amide bonds. The van der Waals surface area contributed by atoms with Gasteiger partial charge in [-0.15, -0.1) is 0 Å². The minimum Gasteiger partial charge on any atom is -0.497 e. The fourth-order valence-corrected chi connectivity index (χ4v) is 2.30. The topological polar surface area (TPSA) is 14.2 Å². The van der Waals surface area contributed by atoms with Gasteiger partial charge in [-0.25, -0.2) is 8.78 Å².